The van der Waals surface area contributed by atoms with E-state index in [0.717, 1.165) is 25.7 Å². The molecule has 0 radical (unpaired) electrons. The molecule has 0 bridgehead atoms. The molecular formula is C47H59N5O5. The summed E-state index contributed by atoms with van der Waals surface area (Å²) in [6, 6.07) is 26.8. The van der Waals surface area contributed by atoms with Gasteiger partial charge in [0.15, 0.2) is 0 Å². The fraction of sp³-hybridized carbons (Fsp3) is 0.511. The van der Waals surface area contributed by atoms with Crippen LogP contribution >= 0.6 is 0 Å². The molecule has 2 saturated carbocycles. The molecular weight excluding hydrogens is 715 g/mol. The Hall–Kier alpha value is -4.99. The SMILES string of the molecule is CCCCCCCCCCNC(=O)[C@@H]1CCN(C(=O)c2ccc(C(=O)N3C[C@@H](C(=O)N[C@H]4C[C@@H]4c4ccccc4)[C@H](C(=O)N[C@H]4C[C@@H]4c4ccccc4)C3)cc2)C1. The van der Waals surface area contributed by atoms with Crippen molar-refractivity contribution in [3.05, 3.63) is 107 Å². The number of carbonyl (C=O) groups excluding carboxylic acids is 5. The molecule has 2 heterocycles. The largest absolute Gasteiger partial charge is 0.356 e. The Bertz CT molecular complexity index is 1780. The first-order valence-corrected chi connectivity index (χ1v) is 21.5. The molecule has 10 nitrogen and oxygen atoms in total. The van der Waals surface area contributed by atoms with E-state index in [1.165, 1.54) is 49.7 Å². The Kier molecular flexibility index (Phi) is 13.4. The van der Waals surface area contributed by atoms with Crippen LogP contribution in [0.25, 0.3) is 0 Å². The van der Waals surface area contributed by atoms with Gasteiger partial charge in [-0.05, 0) is 61.1 Å². The van der Waals surface area contributed by atoms with Gasteiger partial charge in [0.25, 0.3) is 11.8 Å². The van der Waals surface area contributed by atoms with Crippen molar-refractivity contribution in [2.45, 2.75) is 101 Å². The van der Waals surface area contributed by atoms with Gasteiger partial charge >= 0.3 is 0 Å². The molecule has 4 fully saturated rings. The van der Waals surface area contributed by atoms with Crippen LogP contribution in [0.1, 0.15) is 121 Å². The van der Waals surface area contributed by atoms with Crippen LogP contribution in [0, 0.1) is 17.8 Å². The third-order valence-corrected chi connectivity index (χ3v) is 12.5. The van der Waals surface area contributed by atoms with E-state index in [2.05, 4.69) is 47.1 Å². The summed E-state index contributed by atoms with van der Waals surface area (Å²) in [5.41, 5.74) is 3.21. The van der Waals surface area contributed by atoms with Crippen LogP contribution < -0.4 is 16.0 Å². The van der Waals surface area contributed by atoms with E-state index in [1.54, 1.807) is 34.1 Å². The van der Waals surface area contributed by atoms with E-state index in [0.29, 0.717) is 37.2 Å². The lowest BCUT2D eigenvalue weighted by Crippen LogP contribution is -2.43. The minimum atomic E-state index is -0.679. The molecule has 7 rings (SSSR count). The Balaban J connectivity index is 0.916. The number of carbonyl (C=O) groups is 5. The number of unbranched alkanes of at least 4 members (excludes halogenated alkanes) is 7. The van der Waals surface area contributed by atoms with Gasteiger partial charge in [-0.1, -0.05) is 113 Å². The molecule has 3 N–H and O–H groups in total. The highest BCUT2D eigenvalue weighted by atomic mass is 16.2. The first kappa shape index (κ1) is 40.2. The summed E-state index contributed by atoms with van der Waals surface area (Å²) < 4.78 is 0. The number of amides is 5. The van der Waals surface area contributed by atoms with E-state index >= 15 is 0 Å². The molecule has 302 valence electrons. The fourth-order valence-corrected chi connectivity index (χ4v) is 8.82. The second-order valence-corrected chi connectivity index (χ2v) is 16.7. The molecule has 0 unspecified atom stereocenters. The van der Waals surface area contributed by atoms with Gasteiger partial charge in [-0.3, -0.25) is 24.0 Å². The average Bonchev–Trinajstić information content (AvgIpc) is 4.06. The minimum absolute atomic E-state index is 0.00400. The zero-order valence-corrected chi connectivity index (χ0v) is 33.4. The maximum absolute atomic E-state index is 13.9. The van der Waals surface area contributed by atoms with Crippen molar-refractivity contribution in [2.24, 2.45) is 17.8 Å². The number of hydrogen-bond acceptors (Lipinski definition) is 5. The molecule has 4 aliphatic rings. The normalized spacial score (nSPS) is 24.8. The number of hydrogen-bond donors (Lipinski definition) is 3. The van der Waals surface area contributed by atoms with E-state index < -0.39 is 11.8 Å². The topological polar surface area (TPSA) is 128 Å². The second kappa shape index (κ2) is 19.0. The summed E-state index contributed by atoms with van der Waals surface area (Å²) in [6.07, 6.45) is 12.0. The van der Waals surface area contributed by atoms with Gasteiger partial charge < -0.3 is 25.8 Å². The van der Waals surface area contributed by atoms with Gasteiger partial charge in [-0.25, -0.2) is 0 Å². The number of nitrogens with zero attached hydrogens (tertiary/aromatic N) is 2. The molecule has 3 aromatic rings. The monoisotopic (exact) mass is 773 g/mol. The van der Waals surface area contributed by atoms with Crippen LogP contribution in [-0.4, -0.2) is 84.1 Å². The number of rotatable bonds is 18. The number of likely N-dealkylation sites (tertiary alicyclic amines) is 2. The quantitative estimate of drug-likeness (QED) is 0.128. The van der Waals surface area contributed by atoms with Gasteiger partial charge in [0, 0.05) is 67.8 Å². The van der Waals surface area contributed by atoms with Crippen molar-refractivity contribution in [3.8, 4) is 0 Å². The van der Waals surface area contributed by atoms with Crippen LogP contribution in [0.15, 0.2) is 84.9 Å². The first-order valence-electron chi connectivity index (χ1n) is 21.5. The highest BCUT2D eigenvalue weighted by Gasteiger charge is 2.49. The van der Waals surface area contributed by atoms with Crippen molar-refractivity contribution < 1.29 is 24.0 Å². The maximum Gasteiger partial charge on any atom is 0.253 e. The smallest absolute Gasteiger partial charge is 0.253 e. The minimum Gasteiger partial charge on any atom is -0.356 e. The van der Waals surface area contributed by atoms with Gasteiger partial charge in [0.05, 0.1) is 17.8 Å². The summed E-state index contributed by atoms with van der Waals surface area (Å²) in [7, 11) is 0. The Morgan fingerprint density at radius 2 is 1.04 bits per heavy atom. The molecule has 0 spiro atoms. The third kappa shape index (κ3) is 10.3. The Morgan fingerprint density at radius 3 is 1.54 bits per heavy atom. The van der Waals surface area contributed by atoms with Crippen molar-refractivity contribution in [2.75, 3.05) is 32.7 Å². The molecule has 10 heteroatoms. The van der Waals surface area contributed by atoms with Crippen molar-refractivity contribution >= 4 is 29.5 Å². The average molecular weight is 774 g/mol. The van der Waals surface area contributed by atoms with E-state index in [1.807, 2.05) is 36.4 Å². The molecule has 7 atom stereocenters. The van der Waals surface area contributed by atoms with Crippen molar-refractivity contribution in [3.63, 3.8) is 0 Å². The van der Waals surface area contributed by atoms with Crippen LogP contribution in [0.4, 0.5) is 0 Å². The lowest BCUT2D eigenvalue weighted by atomic mass is 9.94. The number of nitrogens with one attached hydrogen (secondary N) is 3. The summed E-state index contributed by atoms with van der Waals surface area (Å²) in [5.74, 6) is -1.91. The van der Waals surface area contributed by atoms with Crippen LogP contribution in [0.2, 0.25) is 0 Å². The number of benzene rings is 3. The fourth-order valence-electron chi connectivity index (χ4n) is 8.82. The summed E-state index contributed by atoms with van der Waals surface area (Å²) in [5, 5.41) is 9.45. The Labute approximate surface area is 337 Å². The third-order valence-electron chi connectivity index (χ3n) is 12.5. The first-order chi connectivity index (χ1) is 27.8. The highest BCUT2D eigenvalue weighted by Crippen LogP contribution is 2.42. The summed E-state index contributed by atoms with van der Waals surface area (Å²) in [6.45, 7) is 4.05. The predicted octanol–water partition coefficient (Wildman–Crippen LogP) is 6.44. The molecule has 2 aliphatic heterocycles. The van der Waals surface area contributed by atoms with E-state index in [-0.39, 0.29) is 72.5 Å². The molecule has 2 aliphatic carbocycles. The lowest BCUT2D eigenvalue weighted by molar-refractivity contribution is -0.133. The Morgan fingerprint density at radius 1 is 0.561 bits per heavy atom. The highest BCUT2D eigenvalue weighted by molar-refractivity contribution is 5.99. The van der Waals surface area contributed by atoms with Gasteiger partial charge in [-0.15, -0.1) is 0 Å². The van der Waals surface area contributed by atoms with E-state index in [4.69, 9.17) is 0 Å². The molecule has 3 aromatic carbocycles. The molecule has 5 amide bonds. The van der Waals surface area contributed by atoms with Crippen LogP contribution in [0.3, 0.4) is 0 Å². The van der Waals surface area contributed by atoms with Crippen molar-refractivity contribution in [1.29, 1.82) is 0 Å². The molecule has 2 saturated heterocycles. The van der Waals surface area contributed by atoms with Gasteiger partial charge in [0.1, 0.15) is 0 Å². The zero-order valence-electron chi connectivity index (χ0n) is 33.4. The second-order valence-electron chi connectivity index (χ2n) is 16.7. The van der Waals surface area contributed by atoms with Crippen molar-refractivity contribution in [1.82, 2.24) is 25.8 Å². The lowest BCUT2D eigenvalue weighted by Gasteiger charge is -2.18. The summed E-state index contributed by atoms with van der Waals surface area (Å²) >= 11 is 0. The molecule has 0 aromatic heterocycles. The predicted molar refractivity (Wildman–Crippen MR) is 220 cm³/mol. The van der Waals surface area contributed by atoms with Crippen LogP contribution in [-0.2, 0) is 14.4 Å². The zero-order chi connectivity index (χ0) is 39.7. The maximum atomic E-state index is 13.9. The molecule has 57 heavy (non-hydrogen) atoms. The van der Waals surface area contributed by atoms with Crippen LogP contribution in [0.5, 0.6) is 0 Å². The standard InChI is InChI=1S/C47H59N5O5/c1-2-3-4-5-6-7-8-15-25-48-43(53)36-24-26-51(29-36)46(56)34-20-22-35(23-21-34)47(57)52-30-39(44(54)49-41-27-37(41)32-16-11-9-12-17-32)40(31-52)45(55)50-42-28-38(42)33-18-13-10-14-19-33/h9-14,16-23,36-42H,2-8,15,24-31H2,1H3,(H,48,53)(H,49,54)(H,50,55)/t36-,37-,38-,39-,40-,41+,42+/m1/s1. The van der Waals surface area contributed by atoms with E-state index in [9.17, 15) is 24.0 Å². The van der Waals surface area contributed by atoms with Gasteiger partial charge in [0.2, 0.25) is 17.7 Å². The summed E-state index contributed by atoms with van der Waals surface area (Å²) in [4.78, 5) is 71.2. The van der Waals surface area contributed by atoms with Gasteiger partial charge in [-0.2, -0.15) is 0 Å².